The Balaban J connectivity index is 1.12. The molecule has 2 aromatic carbocycles. The van der Waals surface area contributed by atoms with Crippen LogP contribution in [0.2, 0.25) is 0 Å². The van der Waals surface area contributed by atoms with Crippen LogP contribution in [-0.2, 0) is 6.54 Å². The summed E-state index contributed by atoms with van der Waals surface area (Å²) in [5.41, 5.74) is 5.59. The van der Waals surface area contributed by atoms with E-state index >= 15 is 0 Å². The zero-order valence-corrected chi connectivity index (χ0v) is 16.4. The van der Waals surface area contributed by atoms with Gasteiger partial charge >= 0.3 is 0 Å². The number of rotatable bonds is 6. The average Bonchev–Trinajstić information content (AvgIpc) is 3.26. The van der Waals surface area contributed by atoms with Gasteiger partial charge in [0.05, 0.1) is 5.56 Å². The molecular weight excluding hydrogens is 378 g/mol. The summed E-state index contributed by atoms with van der Waals surface area (Å²) in [5, 5.41) is 12.4. The molecule has 152 valence electrons. The SMILES string of the molecule is O=C(NO)c1cnc(N2CC3C(C2)C3NCc2ccc(-c3ccccc3)cc2)nc1. The van der Waals surface area contributed by atoms with Crippen LogP contribution in [0, 0.1) is 11.8 Å². The second-order valence-corrected chi connectivity index (χ2v) is 7.91. The number of piperidine rings is 1. The molecule has 1 saturated heterocycles. The maximum absolute atomic E-state index is 11.4. The number of hydroxylamine groups is 1. The van der Waals surface area contributed by atoms with Crippen molar-refractivity contribution in [1.82, 2.24) is 20.8 Å². The van der Waals surface area contributed by atoms with Crippen molar-refractivity contribution in [3.05, 3.63) is 78.1 Å². The van der Waals surface area contributed by atoms with E-state index in [1.165, 1.54) is 29.1 Å². The molecule has 2 atom stereocenters. The van der Waals surface area contributed by atoms with E-state index in [-0.39, 0.29) is 5.56 Å². The normalized spacial score (nSPS) is 21.9. The number of benzene rings is 2. The van der Waals surface area contributed by atoms with Gasteiger partial charge in [-0.15, -0.1) is 0 Å². The lowest BCUT2D eigenvalue weighted by Gasteiger charge is -2.20. The molecule has 5 rings (SSSR count). The fourth-order valence-corrected chi connectivity index (χ4v) is 4.34. The number of carbonyl (C=O) groups is 1. The first-order chi connectivity index (χ1) is 14.7. The smallest absolute Gasteiger partial charge is 0.277 e. The molecule has 2 aliphatic rings. The minimum Gasteiger partial charge on any atom is -0.340 e. The van der Waals surface area contributed by atoms with Crippen LogP contribution in [0.5, 0.6) is 0 Å². The number of carbonyl (C=O) groups excluding carboxylic acids is 1. The van der Waals surface area contributed by atoms with Crippen molar-refractivity contribution in [2.75, 3.05) is 18.0 Å². The molecule has 0 bridgehead atoms. The van der Waals surface area contributed by atoms with Crippen LogP contribution in [0.4, 0.5) is 5.95 Å². The number of nitrogens with one attached hydrogen (secondary N) is 2. The van der Waals surface area contributed by atoms with Crippen molar-refractivity contribution in [2.24, 2.45) is 11.8 Å². The largest absolute Gasteiger partial charge is 0.340 e. The molecule has 7 heteroatoms. The van der Waals surface area contributed by atoms with Gasteiger partial charge in [-0.1, -0.05) is 54.6 Å². The van der Waals surface area contributed by atoms with E-state index < -0.39 is 5.91 Å². The molecule has 0 spiro atoms. The van der Waals surface area contributed by atoms with Gasteiger partial charge < -0.3 is 10.2 Å². The van der Waals surface area contributed by atoms with Crippen LogP contribution in [0.25, 0.3) is 11.1 Å². The number of hydrogen-bond acceptors (Lipinski definition) is 6. The summed E-state index contributed by atoms with van der Waals surface area (Å²) in [7, 11) is 0. The third-order valence-corrected chi connectivity index (χ3v) is 6.08. The predicted molar refractivity (Wildman–Crippen MR) is 113 cm³/mol. The first-order valence-electron chi connectivity index (χ1n) is 10.1. The van der Waals surface area contributed by atoms with Crippen molar-refractivity contribution < 1.29 is 10.0 Å². The summed E-state index contributed by atoms with van der Waals surface area (Å²) in [4.78, 5) is 22.0. The Morgan fingerprint density at radius 3 is 2.23 bits per heavy atom. The quantitative estimate of drug-likeness (QED) is 0.434. The van der Waals surface area contributed by atoms with E-state index in [2.05, 4.69) is 68.7 Å². The lowest BCUT2D eigenvalue weighted by Crippen LogP contribution is -2.32. The highest BCUT2D eigenvalue weighted by Gasteiger charge is 2.55. The Hall–Kier alpha value is -3.29. The highest BCUT2D eigenvalue weighted by atomic mass is 16.5. The monoisotopic (exact) mass is 401 g/mol. The molecule has 1 amide bonds. The molecule has 1 aliphatic carbocycles. The lowest BCUT2D eigenvalue weighted by molar-refractivity contribution is 0.0705. The van der Waals surface area contributed by atoms with Crippen LogP contribution in [0.3, 0.4) is 0 Å². The van der Waals surface area contributed by atoms with Gasteiger partial charge in [-0.3, -0.25) is 10.0 Å². The number of amides is 1. The Labute approximate surface area is 174 Å². The molecule has 2 unspecified atom stereocenters. The van der Waals surface area contributed by atoms with Gasteiger partial charge in [0.25, 0.3) is 5.91 Å². The first-order valence-corrected chi connectivity index (χ1v) is 10.1. The van der Waals surface area contributed by atoms with Crippen LogP contribution in [-0.4, -0.2) is 40.2 Å². The standard InChI is InChI=1S/C23H23N5O2/c29-22(27-30)18-11-25-23(26-12-18)28-13-19-20(14-28)21(19)24-10-15-6-8-17(9-7-15)16-4-2-1-3-5-16/h1-9,11-12,19-21,24,30H,10,13-14H2,(H,27,29). The lowest BCUT2D eigenvalue weighted by atomic mass is 10.0. The number of nitrogens with zero attached hydrogens (tertiary/aromatic N) is 3. The fourth-order valence-electron chi connectivity index (χ4n) is 4.34. The molecule has 30 heavy (non-hydrogen) atoms. The second kappa shape index (κ2) is 7.85. The molecule has 3 aromatic rings. The van der Waals surface area contributed by atoms with Gasteiger partial charge in [0.1, 0.15) is 0 Å². The average molecular weight is 401 g/mol. The van der Waals surface area contributed by atoms with Crippen molar-refractivity contribution in [3.8, 4) is 11.1 Å². The Kier molecular flexibility index (Phi) is 4.90. The van der Waals surface area contributed by atoms with Gasteiger partial charge in [-0.05, 0) is 28.5 Å². The minimum atomic E-state index is -0.605. The first kappa shape index (κ1) is 18.7. The van der Waals surface area contributed by atoms with Gasteiger partial charge in [0.2, 0.25) is 5.95 Å². The zero-order valence-electron chi connectivity index (χ0n) is 16.4. The maximum atomic E-state index is 11.4. The predicted octanol–water partition coefficient (Wildman–Crippen LogP) is 2.49. The summed E-state index contributed by atoms with van der Waals surface area (Å²) >= 11 is 0. The van der Waals surface area contributed by atoms with Gasteiger partial charge in [-0.2, -0.15) is 0 Å². The highest BCUT2D eigenvalue weighted by molar-refractivity contribution is 5.92. The Morgan fingerprint density at radius 2 is 1.60 bits per heavy atom. The molecule has 7 nitrogen and oxygen atoms in total. The van der Waals surface area contributed by atoms with Crippen molar-refractivity contribution in [1.29, 1.82) is 0 Å². The zero-order chi connectivity index (χ0) is 20.5. The molecule has 1 aromatic heterocycles. The molecular formula is C23H23N5O2. The number of anilines is 1. The second-order valence-electron chi connectivity index (χ2n) is 7.91. The molecule has 2 fully saturated rings. The summed E-state index contributed by atoms with van der Waals surface area (Å²) in [5.74, 6) is 1.24. The third kappa shape index (κ3) is 3.65. The van der Waals surface area contributed by atoms with Gasteiger partial charge in [0, 0.05) is 38.1 Å². The van der Waals surface area contributed by atoms with E-state index in [0.29, 0.717) is 23.8 Å². The van der Waals surface area contributed by atoms with Crippen LogP contribution < -0.4 is 15.7 Å². The van der Waals surface area contributed by atoms with Crippen LogP contribution >= 0.6 is 0 Å². The van der Waals surface area contributed by atoms with Crippen molar-refractivity contribution in [3.63, 3.8) is 0 Å². The van der Waals surface area contributed by atoms with E-state index in [4.69, 9.17) is 5.21 Å². The number of aromatic nitrogens is 2. The van der Waals surface area contributed by atoms with E-state index in [1.807, 2.05) is 6.07 Å². The molecule has 3 N–H and O–H groups in total. The molecule has 2 heterocycles. The minimum absolute atomic E-state index is 0.239. The third-order valence-electron chi connectivity index (χ3n) is 6.08. The van der Waals surface area contributed by atoms with E-state index in [0.717, 1.165) is 19.6 Å². The van der Waals surface area contributed by atoms with Gasteiger partial charge in [0.15, 0.2) is 0 Å². The van der Waals surface area contributed by atoms with Gasteiger partial charge in [-0.25, -0.2) is 15.4 Å². The van der Waals surface area contributed by atoms with Crippen LogP contribution in [0.15, 0.2) is 67.0 Å². The Bertz CT molecular complexity index is 1010. The van der Waals surface area contributed by atoms with Crippen molar-refractivity contribution in [2.45, 2.75) is 12.6 Å². The summed E-state index contributed by atoms with van der Waals surface area (Å²) in [6.07, 6.45) is 2.87. The number of hydrogen-bond donors (Lipinski definition) is 3. The summed E-state index contributed by atoms with van der Waals surface area (Å²) in [6, 6.07) is 19.7. The fraction of sp³-hybridized carbons (Fsp3) is 0.261. The summed E-state index contributed by atoms with van der Waals surface area (Å²) in [6.45, 7) is 2.70. The maximum Gasteiger partial charge on any atom is 0.277 e. The molecule has 0 radical (unpaired) electrons. The number of fused-ring (bicyclic) bond motifs is 1. The van der Waals surface area contributed by atoms with Crippen molar-refractivity contribution >= 4 is 11.9 Å². The van der Waals surface area contributed by atoms with E-state index in [9.17, 15) is 4.79 Å². The Morgan fingerprint density at radius 1 is 0.967 bits per heavy atom. The molecule has 1 aliphatic heterocycles. The molecule has 1 saturated carbocycles. The summed E-state index contributed by atoms with van der Waals surface area (Å²) < 4.78 is 0. The van der Waals surface area contributed by atoms with Crippen LogP contribution in [0.1, 0.15) is 15.9 Å². The topological polar surface area (TPSA) is 90.4 Å². The van der Waals surface area contributed by atoms with E-state index in [1.54, 1.807) is 5.48 Å². The highest BCUT2D eigenvalue weighted by Crippen LogP contribution is 2.46.